The fourth-order valence-corrected chi connectivity index (χ4v) is 2.60. The van der Waals surface area contributed by atoms with Crippen LogP contribution in [0, 0.1) is 11.3 Å². The second-order valence-corrected chi connectivity index (χ2v) is 5.11. The highest BCUT2D eigenvalue weighted by molar-refractivity contribution is 6.42. The molecule has 90 valence electrons. The predicted octanol–water partition coefficient (Wildman–Crippen LogP) is 3.87. The highest BCUT2D eigenvalue weighted by Gasteiger charge is 2.22. The fraction of sp³-hybridized carbons (Fsp3) is 0.462. The zero-order chi connectivity index (χ0) is 12.3. The Labute approximate surface area is 112 Å². The molecule has 17 heavy (non-hydrogen) atoms. The maximum Gasteiger partial charge on any atom is 0.0980 e. The summed E-state index contributed by atoms with van der Waals surface area (Å²) in [7, 11) is 0. The summed E-state index contributed by atoms with van der Waals surface area (Å²) in [6, 6.07) is 8.02. The van der Waals surface area contributed by atoms with E-state index in [-0.39, 0.29) is 6.04 Å². The van der Waals surface area contributed by atoms with Crippen LogP contribution in [0.5, 0.6) is 0 Å². The lowest BCUT2D eigenvalue weighted by Gasteiger charge is -2.31. The SMILES string of the molecule is N#CC1CCCCN1Cc1cccc(Cl)c1Cl. The number of likely N-dealkylation sites (tertiary alicyclic amines) is 1. The van der Waals surface area contributed by atoms with Crippen LogP contribution in [0.1, 0.15) is 24.8 Å². The Balaban J connectivity index is 2.14. The van der Waals surface area contributed by atoms with Crippen molar-refractivity contribution in [2.24, 2.45) is 0 Å². The van der Waals surface area contributed by atoms with E-state index in [2.05, 4.69) is 11.0 Å². The van der Waals surface area contributed by atoms with Gasteiger partial charge in [0.25, 0.3) is 0 Å². The third-order valence-corrected chi connectivity index (χ3v) is 4.03. The Morgan fingerprint density at radius 1 is 1.35 bits per heavy atom. The number of benzene rings is 1. The molecule has 0 aliphatic carbocycles. The highest BCUT2D eigenvalue weighted by atomic mass is 35.5. The van der Waals surface area contributed by atoms with Gasteiger partial charge in [-0.1, -0.05) is 35.3 Å². The average molecular weight is 269 g/mol. The molecule has 0 saturated carbocycles. The van der Waals surface area contributed by atoms with Crippen LogP contribution in [0.15, 0.2) is 18.2 Å². The van der Waals surface area contributed by atoms with Crippen molar-refractivity contribution in [3.05, 3.63) is 33.8 Å². The molecule has 0 aromatic heterocycles. The van der Waals surface area contributed by atoms with Gasteiger partial charge in [0, 0.05) is 6.54 Å². The number of hydrogen-bond acceptors (Lipinski definition) is 2. The number of piperidine rings is 1. The van der Waals surface area contributed by atoms with Crippen molar-refractivity contribution >= 4 is 23.2 Å². The van der Waals surface area contributed by atoms with Crippen LogP contribution in [-0.2, 0) is 6.54 Å². The van der Waals surface area contributed by atoms with E-state index in [0.29, 0.717) is 16.6 Å². The second kappa shape index (κ2) is 5.73. The zero-order valence-corrected chi connectivity index (χ0v) is 11.0. The van der Waals surface area contributed by atoms with Gasteiger partial charge in [-0.2, -0.15) is 5.26 Å². The average Bonchev–Trinajstić information content (AvgIpc) is 2.35. The summed E-state index contributed by atoms with van der Waals surface area (Å²) in [6.07, 6.45) is 3.24. The summed E-state index contributed by atoms with van der Waals surface area (Å²) in [4.78, 5) is 2.18. The van der Waals surface area contributed by atoms with E-state index in [4.69, 9.17) is 28.5 Å². The molecule has 1 atom stereocenters. The third kappa shape index (κ3) is 2.93. The summed E-state index contributed by atoms with van der Waals surface area (Å²) in [5.74, 6) is 0. The molecule has 1 unspecified atom stereocenters. The van der Waals surface area contributed by atoms with Crippen molar-refractivity contribution in [3.63, 3.8) is 0 Å². The van der Waals surface area contributed by atoms with E-state index < -0.39 is 0 Å². The molecule has 1 aromatic carbocycles. The maximum atomic E-state index is 9.11. The molecule has 2 rings (SSSR count). The molecular formula is C13H14Cl2N2. The van der Waals surface area contributed by atoms with Gasteiger partial charge in [-0.3, -0.25) is 4.90 Å². The molecule has 0 amide bonds. The highest BCUT2D eigenvalue weighted by Crippen LogP contribution is 2.28. The molecule has 1 aromatic rings. The minimum atomic E-state index is 0.0128. The fourth-order valence-electron chi connectivity index (χ4n) is 2.22. The standard InChI is InChI=1S/C13H14Cl2N2/c14-12-6-3-4-10(13(12)15)9-17-7-2-1-5-11(17)8-16/h3-4,6,11H,1-2,5,7,9H2. The largest absolute Gasteiger partial charge is 0.284 e. The Morgan fingerprint density at radius 2 is 2.18 bits per heavy atom. The topological polar surface area (TPSA) is 27.0 Å². The first kappa shape index (κ1) is 12.7. The predicted molar refractivity (Wildman–Crippen MR) is 70.1 cm³/mol. The van der Waals surface area contributed by atoms with E-state index in [9.17, 15) is 0 Å². The molecule has 0 spiro atoms. The zero-order valence-electron chi connectivity index (χ0n) is 9.50. The van der Waals surface area contributed by atoms with Crippen molar-refractivity contribution in [2.75, 3.05) is 6.54 Å². The number of halogens is 2. The Hall–Kier alpha value is -0.750. The van der Waals surface area contributed by atoms with Crippen molar-refractivity contribution in [2.45, 2.75) is 31.8 Å². The second-order valence-electron chi connectivity index (χ2n) is 4.32. The Bertz CT molecular complexity index is 440. The van der Waals surface area contributed by atoms with E-state index in [1.165, 1.54) is 0 Å². The van der Waals surface area contributed by atoms with Gasteiger partial charge < -0.3 is 0 Å². The van der Waals surface area contributed by atoms with E-state index in [1.807, 2.05) is 12.1 Å². The molecule has 1 saturated heterocycles. The summed E-state index contributed by atoms with van der Waals surface area (Å²) in [5.41, 5.74) is 1.00. The molecule has 0 bridgehead atoms. The minimum Gasteiger partial charge on any atom is -0.284 e. The van der Waals surface area contributed by atoms with Crippen molar-refractivity contribution in [1.29, 1.82) is 5.26 Å². The van der Waals surface area contributed by atoms with E-state index in [0.717, 1.165) is 31.4 Å². The Morgan fingerprint density at radius 3 is 2.94 bits per heavy atom. The van der Waals surface area contributed by atoms with E-state index in [1.54, 1.807) is 6.07 Å². The molecule has 2 nitrogen and oxygen atoms in total. The molecular weight excluding hydrogens is 255 g/mol. The van der Waals surface area contributed by atoms with Gasteiger partial charge in [-0.05, 0) is 37.4 Å². The van der Waals surface area contributed by atoms with Gasteiger partial charge in [0.1, 0.15) is 0 Å². The number of nitrogens with zero attached hydrogens (tertiary/aromatic N) is 2. The van der Waals surface area contributed by atoms with Crippen LogP contribution >= 0.6 is 23.2 Å². The first-order valence-corrected chi connectivity index (χ1v) is 6.54. The Kier molecular flexibility index (Phi) is 4.28. The van der Waals surface area contributed by atoms with Crippen molar-refractivity contribution in [3.8, 4) is 6.07 Å². The molecule has 1 heterocycles. The molecule has 0 N–H and O–H groups in total. The van der Waals surface area contributed by atoms with Crippen LogP contribution in [-0.4, -0.2) is 17.5 Å². The lowest BCUT2D eigenvalue weighted by atomic mass is 10.0. The lowest BCUT2D eigenvalue weighted by Crippen LogP contribution is -2.37. The van der Waals surface area contributed by atoms with Crippen LogP contribution in [0.3, 0.4) is 0 Å². The minimum absolute atomic E-state index is 0.0128. The van der Waals surface area contributed by atoms with Crippen LogP contribution in [0.2, 0.25) is 10.0 Å². The smallest absolute Gasteiger partial charge is 0.0980 e. The van der Waals surface area contributed by atoms with E-state index >= 15 is 0 Å². The van der Waals surface area contributed by atoms with Crippen LogP contribution in [0.25, 0.3) is 0 Å². The van der Waals surface area contributed by atoms with Gasteiger partial charge in [-0.15, -0.1) is 0 Å². The van der Waals surface area contributed by atoms with Crippen LogP contribution < -0.4 is 0 Å². The molecule has 1 aliphatic heterocycles. The van der Waals surface area contributed by atoms with Crippen LogP contribution in [0.4, 0.5) is 0 Å². The molecule has 4 heteroatoms. The van der Waals surface area contributed by atoms with Gasteiger partial charge in [-0.25, -0.2) is 0 Å². The molecule has 1 aliphatic rings. The molecule has 0 radical (unpaired) electrons. The van der Waals surface area contributed by atoms with Gasteiger partial charge in [0.05, 0.1) is 22.2 Å². The molecule has 1 fully saturated rings. The van der Waals surface area contributed by atoms with Gasteiger partial charge >= 0.3 is 0 Å². The summed E-state index contributed by atoms with van der Waals surface area (Å²) >= 11 is 12.1. The quantitative estimate of drug-likeness (QED) is 0.814. The number of hydrogen-bond donors (Lipinski definition) is 0. The van der Waals surface area contributed by atoms with Gasteiger partial charge in [0.15, 0.2) is 0 Å². The summed E-state index contributed by atoms with van der Waals surface area (Å²) < 4.78 is 0. The lowest BCUT2D eigenvalue weighted by molar-refractivity contribution is 0.176. The van der Waals surface area contributed by atoms with Gasteiger partial charge in [0.2, 0.25) is 0 Å². The third-order valence-electron chi connectivity index (χ3n) is 3.17. The first-order chi connectivity index (χ1) is 8.22. The normalized spacial score (nSPS) is 21.1. The van der Waals surface area contributed by atoms with Crippen molar-refractivity contribution in [1.82, 2.24) is 4.90 Å². The monoisotopic (exact) mass is 268 g/mol. The maximum absolute atomic E-state index is 9.11. The van der Waals surface area contributed by atoms with Crippen molar-refractivity contribution < 1.29 is 0 Å². The first-order valence-electron chi connectivity index (χ1n) is 5.79. The summed E-state index contributed by atoms with van der Waals surface area (Å²) in [5, 5.41) is 10.3. The number of rotatable bonds is 2. The summed E-state index contributed by atoms with van der Waals surface area (Å²) in [6.45, 7) is 1.67. The number of nitriles is 1.